The second kappa shape index (κ2) is 7.20. The van der Waals surface area contributed by atoms with E-state index in [1.54, 1.807) is 0 Å². The van der Waals surface area contributed by atoms with Crippen LogP contribution in [0.15, 0.2) is 24.3 Å². The molecular weight excluding hydrogens is 224 g/mol. The quantitative estimate of drug-likeness (QED) is 0.732. The molecule has 2 heteroatoms. The highest BCUT2D eigenvalue weighted by Gasteiger charge is 2.07. The van der Waals surface area contributed by atoms with Gasteiger partial charge in [0.15, 0.2) is 0 Å². The smallest absolute Gasteiger partial charge is 0.135 e. The van der Waals surface area contributed by atoms with Gasteiger partial charge >= 0.3 is 0 Å². The van der Waals surface area contributed by atoms with Gasteiger partial charge in [0.1, 0.15) is 11.5 Å². The second-order valence-corrected chi connectivity index (χ2v) is 5.47. The lowest BCUT2D eigenvalue weighted by Gasteiger charge is -2.10. The Kier molecular flexibility index (Phi) is 5.90. The molecule has 1 rings (SSSR count). The van der Waals surface area contributed by atoms with Crippen molar-refractivity contribution in [3.63, 3.8) is 0 Å². The minimum Gasteiger partial charge on any atom is -0.493 e. The SMILES string of the molecule is CC(C)COc1cccc(CCC(=O)C(C)C)c1. The molecule has 0 N–H and O–H groups in total. The largest absolute Gasteiger partial charge is 0.493 e. The molecule has 0 aliphatic rings. The summed E-state index contributed by atoms with van der Waals surface area (Å²) in [7, 11) is 0. The minimum atomic E-state index is 0.130. The lowest BCUT2D eigenvalue weighted by atomic mass is 10.0. The summed E-state index contributed by atoms with van der Waals surface area (Å²) in [6.07, 6.45) is 1.42. The summed E-state index contributed by atoms with van der Waals surface area (Å²) in [6, 6.07) is 8.05. The number of carbonyl (C=O) groups is 1. The normalized spacial score (nSPS) is 11.0. The molecule has 1 aromatic rings. The third-order valence-electron chi connectivity index (χ3n) is 2.79. The van der Waals surface area contributed by atoms with Crippen molar-refractivity contribution in [2.24, 2.45) is 11.8 Å². The van der Waals surface area contributed by atoms with Crippen molar-refractivity contribution in [2.75, 3.05) is 6.61 Å². The lowest BCUT2D eigenvalue weighted by molar-refractivity contribution is -0.121. The van der Waals surface area contributed by atoms with Crippen molar-refractivity contribution in [3.8, 4) is 5.75 Å². The summed E-state index contributed by atoms with van der Waals surface area (Å²) in [6.45, 7) is 8.89. The molecule has 0 atom stereocenters. The number of hydrogen-bond donors (Lipinski definition) is 0. The number of ether oxygens (including phenoxy) is 1. The average molecular weight is 248 g/mol. The van der Waals surface area contributed by atoms with Crippen LogP contribution in [0.4, 0.5) is 0 Å². The Hall–Kier alpha value is -1.31. The van der Waals surface area contributed by atoms with Crippen LogP contribution in [0.25, 0.3) is 0 Å². The molecule has 0 radical (unpaired) electrons. The van der Waals surface area contributed by atoms with Gasteiger partial charge in [-0.1, -0.05) is 39.8 Å². The topological polar surface area (TPSA) is 26.3 Å². The van der Waals surface area contributed by atoms with E-state index in [4.69, 9.17) is 4.74 Å². The monoisotopic (exact) mass is 248 g/mol. The first kappa shape index (κ1) is 14.7. The number of hydrogen-bond acceptors (Lipinski definition) is 2. The van der Waals surface area contributed by atoms with E-state index in [0.717, 1.165) is 18.8 Å². The van der Waals surface area contributed by atoms with Crippen molar-refractivity contribution < 1.29 is 9.53 Å². The number of benzene rings is 1. The first-order chi connectivity index (χ1) is 8.49. The molecule has 0 aliphatic heterocycles. The van der Waals surface area contributed by atoms with Crippen molar-refractivity contribution in [1.29, 1.82) is 0 Å². The van der Waals surface area contributed by atoms with Gasteiger partial charge in [-0.05, 0) is 30.0 Å². The lowest BCUT2D eigenvalue weighted by Crippen LogP contribution is -2.08. The predicted molar refractivity (Wildman–Crippen MR) is 74.9 cm³/mol. The van der Waals surface area contributed by atoms with Crippen LogP contribution >= 0.6 is 0 Å². The molecule has 0 saturated carbocycles. The van der Waals surface area contributed by atoms with Crippen LogP contribution in [0.3, 0.4) is 0 Å². The standard InChI is InChI=1S/C16H24O2/c1-12(2)11-18-15-7-5-6-14(10-15)8-9-16(17)13(3)4/h5-7,10,12-13H,8-9,11H2,1-4H3. The Morgan fingerprint density at radius 2 is 1.94 bits per heavy atom. The molecule has 0 amide bonds. The Morgan fingerprint density at radius 3 is 2.56 bits per heavy atom. The fourth-order valence-electron chi connectivity index (χ4n) is 1.61. The highest BCUT2D eigenvalue weighted by Crippen LogP contribution is 2.16. The maximum atomic E-state index is 11.6. The van der Waals surface area contributed by atoms with E-state index in [1.807, 2.05) is 32.0 Å². The molecular formula is C16H24O2. The van der Waals surface area contributed by atoms with E-state index in [9.17, 15) is 4.79 Å². The molecule has 0 heterocycles. The summed E-state index contributed by atoms with van der Waals surface area (Å²) < 4.78 is 5.68. The molecule has 1 aromatic carbocycles. The fraction of sp³-hybridized carbons (Fsp3) is 0.562. The van der Waals surface area contributed by atoms with Gasteiger partial charge in [-0.15, -0.1) is 0 Å². The summed E-state index contributed by atoms with van der Waals surface area (Å²) in [5, 5.41) is 0. The van der Waals surface area contributed by atoms with E-state index in [2.05, 4.69) is 19.9 Å². The van der Waals surface area contributed by atoms with Gasteiger partial charge in [-0.3, -0.25) is 4.79 Å². The van der Waals surface area contributed by atoms with Crippen molar-refractivity contribution in [2.45, 2.75) is 40.5 Å². The van der Waals surface area contributed by atoms with Gasteiger partial charge < -0.3 is 4.74 Å². The Morgan fingerprint density at radius 1 is 1.22 bits per heavy atom. The van der Waals surface area contributed by atoms with Gasteiger partial charge in [-0.25, -0.2) is 0 Å². The van der Waals surface area contributed by atoms with Crippen LogP contribution in [0.2, 0.25) is 0 Å². The average Bonchev–Trinajstić information content (AvgIpc) is 2.33. The van der Waals surface area contributed by atoms with E-state index in [0.29, 0.717) is 18.1 Å². The maximum absolute atomic E-state index is 11.6. The van der Waals surface area contributed by atoms with Crippen LogP contribution in [0, 0.1) is 11.8 Å². The van der Waals surface area contributed by atoms with Crippen LogP contribution in [0.5, 0.6) is 5.75 Å². The summed E-state index contributed by atoms with van der Waals surface area (Å²) >= 11 is 0. The third kappa shape index (κ3) is 5.35. The molecule has 2 nitrogen and oxygen atoms in total. The van der Waals surface area contributed by atoms with Crippen molar-refractivity contribution in [3.05, 3.63) is 29.8 Å². The second-order valence-electron chi connectivity index (χ2n) is 5.47. The van der Waals surface area contributed by atoms with Gasteiger partial charge in [-0.2, -0.15) is 0 Å². The summed E-state index contributed by atoms with van der Waals surface area (Å²) in [5.41, 5.74) is 1.17. The molecule has 0 unspecified atom stereocenters. The number of ketones is 1. The van der Waals surface area contributed by atoms with Crippen molar-refractivity contribution in [1.82, 2.24) is 0 Å². The Labute approximate surface area is 110 Å². The van der Waals surface area contributed by atoms with Gasteiger partial charge in [0.25, 0.3) is 0 Å². The number of rotatable bonds is 7. The number of Topliss-reactive ketones (excluding diaryl/α,β-unsaturated/α-hetero) is 1. The summed E-state index contributed by atoms with van der Waals surface area (Å²) in [4.78, 5) is 11.6. The minimum absolute atomic E-state index is 0.130. The molecule has 0 saturated heterocycles. The van der Waals surface area contributed by atoms with Crippen molar-refractivity contribution >= 4 is 5.78 Å². The van der Waals surface area contributed by atoms with Crippen LogP contribution < -0.4 is 4.74 Å². The van der Waals surface area contributed by atoms with E-state index in [1.165, 1.54) is 5.56 Å². The fourth-order valence-corrected chi connectivity index (χ4v) is 1.61. The highest BCUT2D eigenvalue weighted by atomic mass is 16.5. The molecule has 0 spiro atoms. The molecule has 0 aliphatic carbocycles. The first-order valence-corrected chi connectivity index (χ1v) is 6.73. The maximum Gasteiger partial charge on any atom is 0.135 e. The molecule has 0 fully saturated rings. The number of carbonyl (C=O) groups excluding carboxylic acids is 1. The van der Waals surface area contributed by atoms with E-state index < -0.39 is 0 Å². The zero-order valence-electron chi connectivity index (χ0n) is 11.9. The molecule has 18 heavy (non-hydrogen) atoms. The zero-order chi connectivity index (χ0) is 13.5. The van der Waals surface area contributed by atoms with Crippen LogP contribution in [-0.4, -0.2) is 12.4 Å². The summed E-state index contributed by atoms with van der Waals surface area (Å²) in [5.74, 6) is 1.88. The van der Waals surface area contributed by atoms with Gasteiger partial charge in [0.05, 0.1) is 6.61 Å². The Balaban J connectivity index is 2.51. The van der Waals surface area contributed by atoms with E-state index in [-0.39, 0.29) is 5.92 Å². The molecule has 100 valence electrons. The third-order valence-corrected chi connectivity index (χ3v) is 2.79. The van der Waals surface area contributed by atoms with E-state index >= 15 is 0 Å². The van der Waals surface area contributed by atoms with Crippen LogP contribution in [0.1, 0.15) is 39.7 Å². The number of aryl methyl sites for hydroxylation is 1. The Bertz CT molecular complexity index is 380. The van der Waals surface area contributed by atoms with Crippen LogP contribution in [-0.2, 0) is 11.2 Å². The highest BCUT2D eigenvalue weighted by molar-refractivity contribution is 5.80. The predicted octanol–water partition coefficient (Wildman–Crippen LogP) is 3.88. The van der Waals surface area contributed by atoms with Gasteiger partial charge in [0, 0.05) is 12.3 Å². The van der Waals surface area contributed by atoms with Gasteiger partial charge in [0.2, 0.25) is 0 Å². The first-order valence-electron chi connectivity index (χ1n) is 6.73. The molecule has 0 aromatic heterocycles. The molecule has 0 bridgehead atoms. The zero-order valence-corrected chi connectivity index (χ0v) is 11.9.